The topological polar surface area (TPSA) is 63.8 Å². The second-order valence-electron chi connectivity index (χ2n) is 3.89. The number of nitrogens with one attached hydrogen (secondary N) is 1. The van der Waals surface area contributed by atoms with Crippen LogP contribution in [0.15, 0.2) is 6.07 Å². The third-order valence-electron chi connectivity index (χ3n) is 2.36. The number of nitrogen functional groups attached to an aromatic ring is 1. The molecule has 3 N–H and O–H groups in total. The van der Waals surface area contributed by atoms with Gasteiger partial charge in [-0.25, -0.2) is 4.98 Å². The van der Waals surface area contributed by atoms with E-state index in [9.17, 15) is 13.2 Å². The van der Waals surface area contributed by atoms with E-state index in [0.717, 1.165) is 12.5 Å². The lowest BCUT2D eigenvalue weighted by atomic mass is 10.1. The minimum absolute atomic E-state index is 0.102. The molecule has 0 aliphatic heterocycles. The van der Waals surface area contributed by atoms with Crippen LogP contribution in [0, 0.1) is 5.92 Å². The molecule has 1 aromatic rings. The Balaban J connectivity index is 2.83. The van der Waals surface area contributed by atoms with Crippen molar-refractivity contribution < 1.29 is 13.2 Å². The molecule has 0 fully saturated rings. The predicted molar refractivity (Wildman–Crippen MR) is 59.4 cm³/mol. The molecular formula is C10H15F3N4. The van der Waals surface area contributed by atoms with Crippen molar-refractivity contribution in [3.63, 3.8) is 0 Å². The molecule has 1 heterocycles. The number of alkyl halides is 3. The zero-order valence-corrected chi connectivity index (χ0v) is 9.67. The Morgan fingerprint density at radius 2 is 2.06 bits per heavy atom. The highest BCUT2D eigenvalue weighted by Gasteiger charge is 2.33. The van der Waals surface area contributed by atoms with Gasteiger partial charge in [-0.05, 0) is 5.92 Å². The molecule has 4 nitrogen and oxygen atoms in total. The Hall–Kier alpha value is -1.53. The molecule has 0 spiro atoms. The van der Waals surface area contributed by atoms with Crippen LogP contribution in [-0.2, 0) is 6.18 Å². The number of hydrogen-bond acceptors (Lipinski definition) is 4. The van der Waals surface area contributed by atoms with E-state index in [-0.39, 0.29) is 11.8 Å². The number of aromatic nitrogens is 2. The normalized spacial score (nSPS) is 13.5. The summed E-state index contributed by atoms with van der Waals surface area (Å²) in [5, 5.41) is 2.82. The van der Waals surface area contributed by atoms with Gasteiger partial charge in [-0.1, -0.05) is 20.3 Å². The van der Waals surface area contributed by atoms with E-state index in [1.54, 1.807) is 0 Å². The number of halogens is 3. The van der Waals surface area contributed by atoms with Gasteiger partial charge in [0.2, 0.25) is 5.95 Å². The van der Waals surface area contributed by atoms with Crippen molar-refractivity contribution in [2.45, 2.75) is 26.4 Å². The van der Waals surface area contributed by atoms with Crippen LogP contribution < -0.4 is 11.1 Å². The number of nitrogens with zero attached hydrogens (tertiary/aromatic N) is 2. The fraction of sp³-hybridized carbons (Fsp3) is 0.600. The first-order chi connectivity index (χ1) is 7.82. The monoisotopic (exact) mass is 248 g/mol. The highest BCUT2D eigenvalue weighted by Crippen LogP contribution is 2.29. The van der Waals surface area contributed by atoms with Gasteiger partial charge in [0.15, 0.2) is 5.69 Å². The van der Waals surface area contributed by atoms with E-state index in [4.69, 9.17) is 5.73 Å². The van der Waals surface area contributed by atoms with Gasteiger partial charge in [-0.15, -0.1) is 0 Å². The van der Waals surface area contributed by atoms with E-state index in [1.807, 2.05) is 13.8 Å². The fourth-order valence-electron chi connectivity index (χ4n) is 1.12. The van der Waals surface area contributed by atoms with E-state index in [2.05, 4.69) is 15.3 Å². The van der Waals surface area contributed by atoms with Gasteiger partial charge in [-0.2, -0.15) is 18.2 Å². The lowest BCUT2D eigenvalue weighted by molar-refractivity contribution is -0.141. The van der Waals surface area contributed by atoms with Gasteiger partial charge in [0.1, 0.15) is 5.82 Å². The van der Waals surface area contributed by atoms with Crippen LogP contribution in [0.4, 0.5) is 24.9 Å². The van der Waals surface area contributed by atoms with Crippen molar-refractivity contribution in [3.8, 4) is 0 Å². The molecule has 96 valence electrons. The first-order valence-corrected chi connectivity index (χ1v) is 5.28. The highest BCUT2D eigenvalue weighted by atomic mass is 19.4. The summed E-state index contributed by atoms with van der Waals surface area (Å²) in [6, 6.07) is 0.860. The molecule has 0 bridgehead atoms. The molecule has 0 aliphatic carbocycles. The average Bonchev–Trinajstić information content (AvgIpc) is 2.24. The molecule has 7 heteroatoms. The smallest absolute Gasteiger partial charge is 0.370 e. The van der Waals surface area contributed by atoms with Crippen LogP contribution in [-0.4, -0.2) is 16.5 Å². The molecule has 1 rings (SSSR count). The average molecular weight is 248 g/mol. The fourth-order valence-corrected chi connectivity index (χ4v) is 1.12. The zero-order valence-electron chi connectivity index (χ0n) is 9.67. The van der Waals surface area contributed by atoms with E-state index in [0.29, 0.717) is 12.5 Å². The van der Waals surface area contributed by atoms with Crippen molar-refractivity contribution in [2.24, 2.45) is 5.92 Å². The van der Waals surface area contributed by atoms with Gasteiger partial charge in [0, 0.05) is 12.6 Å². The summed E-state index contributed by atoms with van der Waals surface area (Å²) in [5.74, 6) is 0.0668. The Labute approximate surface area is 97.4 Å². The van der Waals surface area contributed by atoms with E-state index >= 15 is 0 Å². The standard InChI is InChI=1S/C10H15F3N4/c1-3-6(2)5-15-8-4-7(10(11,12)13)16-9(14)17-8/h4,6H,3,5H2,1-2H3,(H3,14,15,16,17). The predicted octanol–water partition coefficient (Wildman–Crippen LogP) is 2.54. The van der Waals surface area contributed by atoms with Crippen molar-refractivity contribution >= 4 is 11.8 Å². The first kappa shape index (κ1) is 13.5. The molecule has 1 aromatic heterocycles. The summed E-state index contributed by atoms with van der Waals surface area (Å²) in [7, 11) is 0. The van der Waals surface area contributed by atoms with E-state index < -0.39 is 11.9 Å². The quantitative estimate of drug-likeness (QED) is 0.859. The molecule has 1 atom stereocenters. The van der Waals surface area contributed by atoms with E-state index in [1.165, 1.54) is 0 Å². The molecule has 0 saturated carbocycles. The number of rotatable bonds is 4. The summed E-state index contributed by atoms with van der Waals surface area (Å²) >= 11 is 0. The SMILES string of the molecule is CCC(C)CNc1cc(C(F)(F)F)nc(N)n1. The third kappa shape index (κ3) is 4.08. The lowest BCUT2D eigenvalue weighted by Gasteiger charge is -2.12. The summed E-state index contributed by atoms with van der Waals surface area (Å²) in [6.07, 6.45) is -3.58. The zero-order chi connectivity index (χ0) is 13.1. The van der Waals surface area contributed by atoms with Crippen LogP contribution in [0.25, 0.3) is 0 Å². The molecule has 1 unspecified atom stereocenters. The van der Waals surface area contributed by atoms with Crippen molar-refractivity contribution in [2.75, 3.05) is 17.6 Å². The third-order valence-corrected chi connectivity index (χ3v) is 2.36. The number of anilines is 2. The first-order valence-electron chi connectivity index (χ1n) is 5.28. The number of nitrogens with two attached hydrogens (primary N) is 1. The minimum Gasteiger partial charge on any atom is -0.370 e. The van der Waals surface area contributed by atoms with Gasteiger partial charge in [-0.3, -0.25) is 0 Å². The lowest BCUT2D eigenvalue weighted by Crippen LogP contribution is -2.15. The van der Waals surface area contributed by atoms with Crippen LogP contribution in [0.1, 0.15) is 26.0 Å². The minimum atomic E-state index is -4.51. The largest absolute Gasteiger partial charge is 0.433 e. The molecule has 0 amide bonds. The van der Waals surface area contributed by atoms with Gasteiger partial charge in [0.25, 0.3) is 0 Å². The Morgan fingerprint density at radius 1 is 1.41 bits per heavy atom. The Bertz CT molecular complexity index is 378. The molecular weight excluding hydrogens is 233 g/mol. The summed E-state index contributed by atoms with van der Waals surface area (Å²) in [6.45, 7) is 4.54. The molecule has 0 radical (unpaired) electrons. The molecule has 0 saturated heterocycles. The van der Waals surface area contributed by atoms with Gasteiger partial charge >= 0.3 is 6.18 Å². The Kier molecular flexibility index (Phi) is 4.14. The number of hydrogen-bond donors (Lipinski definition) is 2. The summed E-state index contributed by atoms with van der Waals surface area (Å²) in [5.41, 5.74) is 4.20. The maximum absolute atomic E-state index is 12.4. The molecule has 0 aliphatic rings. The van der Waals surface area contributed by atoms with Gasteiger partial charge in [0.05, 0.1) is 0 Å². The van der Waals surface area contributed by atoms with Crippen molar-refractivity contribution in [1.29, 1.82) is 0 Å². The van der Waals surface area contributed by atoms with Crippen LogP contribution in [0.5, 0.6) is 0 Å². The van der Waals surface area contributed by atoms with Crippen molar-refractivity contribution in [1.82, 2.24) is 9.97 Å². The second kappa shape index (κ2) is 5.20. The summed E-state index contributed by atoms with van der Waals surface area (Å²) in [4.78, 5) is 6.86. The van der Waals surface area contributed by atoms with Crippen molar-refractivity contribution in [3.05, 3.63) is 11.8 Å². The maximum Gasteiger partial charge on any atom is 0.433 e. The maximum atomic E-state index is 12.4. The molecule has 0 aromatic carbocycles. The highest BCUT2D eigenvalue weighted by molar-refractivity contribution is 5.41. The van der Waals surface area contributed by atoms with Crippen LogP contribution in [0.2, 0.25) is 0 Å². The second-order valence-corrected chi connectivity index (χ2v) is 3.89. The summed E-state index contributed by atoms with van der Waals surface area (Å²) < 4.78 is 37.3. The van der Waals surface area contributed by atoms with Crippen LogP contribution >= 0.6 is 0 Å². The Morgan fingerprint density at radius 3 is 2.59 bits per heavy atom. The molecule has 17 heavy (non-hydrogen) atoms. The van der Waals surface area contributed by atoms with Crippen LogP contribution in [0.3, 0.4) is 0 Å². The van der Waals surface area contributed by atoms with Gasteiger partial charge < -0.3 is 11.1 Å².